The summed E-state index contributed by atoms with van der Waals surface area (Å²) in [7, 11) is 2.86. The molecule has 1 aliphatic heterocycles. The first-order chi connectivity index (χ1) is 13.0. The van der Waals surface area contributed by atoms with Gasteiger partial charge in [0.1, 0.15) is 5.56 Å². The molecule has 1 aromatic heterocycles. The molecular formula is C17H19N3O7. The van der Waals surface area contributed by atoms with E-state index in [1.807, 2.05) is 0 Å². The van der Waals surface area contributed by atoms with Crippen LogP contribution in [0.25, 0.3) is 0 Å². The van der Waals surface area contributed by atoms with E-state index in [1.165, 1.54) is 14.2 Å². The van der Waals surface area contributed by atoms with E-state index in [0.29, 0.717) is 17.1 Å². The normalized spacial score (nSPS) is 12.4. The average molecular weight is 377 g/mol. The first-order valence-electron chi connectivity index (χ1n) is 8.08. The molecule has 2 aromatic rings. The smallest absolute Gasteiger partial charge is 0.328 e. The van der Waals surface area contributed by atoms with Gasteiger partial charge in [0.05, 0.1) is 13.1 Å². The maximum Gasteiger partial charge on any atom is 0.328 e. The van der Waals surface area contributed by atoms with Crippen LogP contribution in [0.1, 0.15) is 15.9 Å². The zero-order valence-electron chi connectivity index (χ0n) is 14.8. The molecule has 27 heavy (non-hydrogen) atoms. The molecule has 0 fully saturated rings. The Bertz CT molecular complexity index is 946. The van der Waals surface area contributed by atoms with Crippen molar-refractivity contribution in [2.75, 3.05) is 27.6 Å². The van der Waals surface area contributed by atoms with E-state index in [0.717, 1.165) is 10.8 Å². The number of benzene rings is 1. The maximum absolute atomic E-state index is 12.6. The highest BCUT2D eigenvalue weighted by molar-refractivity contribution is 5.93. The molecule has 0 radical (unpaired) electrons. The molecule has 0 atom stereocenters. The third-order valence-corrected chi connectivity index (χ3v) is 4.04. The number of methoxy groups -OCH3 is 2. The molecule has 2 heterocycles. The second-order valence-electron chi connectivity index (χ2n) is 5.70. The van der Waals surface area contributed by atoms with Crippen LogP contribution < -0.4 is 26.0 Å². The number of aromatic amines is 1. The molecule has 0 saturated carbocycles. The van der Waals surface area contributed by atoms with Crippen molar-refractivity contribution in [3.8, 4) is 11.5 Å². The summed E-state index contributed by atoms with van der Waals surface area (Å²) < 4.78 is 21.4. The van der Waals surface area contributed by atoms with Crippen LogP contribution in [-0.4, -0.2) is 49.3 Å². The minimum atomic E-state index is -0.708. The number of carbonyl (C=O) groups excluding carboxylic acids is 1. The second kappa shape index (κ2) is 8.06. The lowest BCUT2D eigenvalue weighted by Crippen LogP contribution is -2.42. The lowest BCUT2D eigenvalue weighted by molar-refractivity contribution is -0.0974. The fourth-order valence-electron chi connectivity index (χ4n) is 2.57. The van der Waals surface area contributed by atoms with Crippen LogP contribution in [-0.2, 0) is 16.0 Å². The molecule has 0 bridgehead atoms. The van der Waals surface area contributed by atoms with Gasteiger partial charge < -0.3 is 29.2 Å². The molecule has 1 amide bonds. The first kappa shape index (κ1) is 18.7. The van der Waals surface area contributed by atoms with Crippen molar-refractivity contribution in [3.05, 3.63) is 56.4 Å². The Morgan fingerprint density at radius 2 is 2.00 bits per heavy atom. The summed E-state index contributed by atoms with van der Waals surface area (Å²) in [5.41, 5.74) is -0.870. The summed E-state index contributed by atoms with van der Waals surface area (Å²) in [6.07, 6.45) is 0.442. The third-order valence-electron chi connectivity index (χ3n) is 4.04. The minimum absolute atomic E-state index is 0.0231. The monoisotopic (exact) mass is 377 g/mol. The van der Waals surface area contributed by atoms with E-state index < -0.39 is 23.4 Å². The molecular weight excluding hydrogens is 358 g/mol. The van der Waals surface area contributed by atoms with E-state index >= 15 is 0 Å². The van der Waals surface area contributed by atoms with Crippen LogP contribution in [0.4, 0.5) is 0 Å². The van der Waals surface area contributed by atoms with Gasteiger partial charge in [-0.3, -0.25) is 14.2 Å². The Hall–Kier alpha value is -3.11. The van der Waals surface area contributed by atoms with Crippen LogP contribution in [0, 0.1) is 0 Å². The highest BCUT2D eigenvalue weighted by Gasteiger charge is 2.18. The lowest BCUT2D eigenvalue weighted by Gasteiger charge is -2.14. The Labute approximate surface area is 153 Å². The summed E-state index contributed by atoms with van der Waals surface area (Å²) in [6.45, 7) is 0.149. The standard InChI is InChI=1S/C17H19N3O7/c1-24-14(25-2)7-18-15(21)11-6-19-17(23)20(16(11)22)8-10-3-4-12-13(5-10)27-9-26-12/h3-6,14H,7-9H2,1-2H3,(H,18,21)(H,19,23). The van der Waals surface area contributed by atoms with Gasteiger partial charge in [-0.25, -0.2) is 4.79 Å². The number of carbonyl (C=O) groups is 1. The quantitative estimate of drug-likeness (QED) is 0.633. The number of amides is 1. The molecule has 0 aliphatic carbocycles. The van der Waals surface area contributed by atoms with Gasteiger partial charge in [0, 0.05) is 20.4 Å². The van der Waals surface area contributed by atoms with Crippen molar-refractivity contribution in [1.82, 2.24) is 14.9 Å². The zero-order valence-corrected chi connectivity index (χ0v) is 14.8. The van der Waals surface area contributed by atoms with Gasteiger partial charge in [0.25, 0.3) is 11.5 Å². The van der Waals surface area contributed by atoms with Gasteiger partial charge in [-0.2, -0.15) is 0 Å². The molecule has 2 N–H and O–H groups in total. The molecule has 0 unspecified atom stereocenters. The van der Waals surface area contributed by atoms with E-state index in [2.05, 4.69) is 10.3 Å². The number of hydrogen-bond acceptors (Lipinski definition) is 7. The first-order valence-corrected chi connectivity index (χ1v) is 8.08. The molecule has 144 valence electrons. The topological polar surface area (TPSA) is 121 Å². The van der Waals surface area contributed by atoms with Crippen molar-refractivity contribution >= 4 is 5.91 Å². The van der Waals surface area contributed by atoms with Crippen LogP contribution in [0.3, 0.4) is 0 Å². The number of rotatable bonds is 7. The number of aromatic nitrogens is 2. The van der Waals surface area contributed by atoms with Gasteiger partial charge in [-0.15, -0.1) is 0 Å². The molecule has 0 saturated heterocycles. The number of nitrogens with zero attached hydrogens (tertiary/aromatic N) is 1. The largest absolute Gasteiger partial charge is 0.454 e. The van der Waals surface area contributed by atoms with Crippen molar-refractivity contribution in [1.29, 1.82) is 0 Å². The number of hydrogen-bond donors (Lipinski definition) is 2. The molecule has 10 nitrogen and oxygen atoms in total. The summed E-state index contributed by atoms with van der Waals surface area (Å²) in [5.74, 6) is 0.491. The summed E-state index contributed by atoms with van der Waals surface area (Å²) >= 11 is 0. The molecule has 0 spiro atoms. The maximum atomic E-state index is 12.6. The number of fused-ring (bicyclic) bond motifs is 1. The molecule has 3 rings (SSSR count). The van der Waals surface area contributed by atoms with Gasteiger partial charge >= 0.3 is 5.69 Å². The highest BCUT2D eigenvalue weighted by atomic mass is 16.7. The Morgan fingerprint density at radius 3 is 2.74 bits per heavy atom. The van der Waals surface area contributed by atoms with Gasteiger partial charge in [-0.1, -0.05) is 6.07 Å². The summed E-state index contributed by atoms with van der Waals surface area (Å²) in [6, 6.07) is 5.10. The predicted molar refractivity (Wildman–Crippen MR) is 93.1 cm³/mol. The Balaban J connectivity index is 1.82. The second-order valence-corrected chi connectivity index (χ2v) is 5.70. The van der Waals surface area contributed by atoms with Crippen LogP contribution >= 0.6 is 0 Å². The van der Waals surface area contributed by atoms with Crippen molar-refractivity contribution < 1.29 is 23.7 Å². The third kappa shape index (κ3) is 4.01. The van der Waals surface area contributed by atoms with Crippen molar-refractivity contribution in [3.63, 3.8) is 0 Å². The van der Waals surface area contributed by atoms with Crippen molar-refractivity contribution in [2.24, 2.45) is 0 Å². The fourth-order valence-corrected chi connectivity index (χ4v) is 2.57. The van der Waals surface area contributed by atoms with Crippen LogP contribution in [0.15, 0.2) is 34.0 Å². The van der Waals surface area contributed by atoms with Crippen molar-refractivity contribution in [2.45, 2.75) is 12.8 Å². The number of nitrogens with one attached hydrogen (secondary N) is 2. The Morgan fingerprint density at radius 1 is 1.26 bits per heavy atom. The Kier molecular flexibility index (Phi) is 5.57. The van der Waals surface area contributed by atoms with E-state index in [-0.39, 0.29) is 25.4 Å². The summed E-state index contributed by atoms with van der Waals surface area (Å²) in [4.78, 5) is 39.4. The zero-order chi connectivity index (χ0) is 19.4. The predicted octanol–water partition coefficient (Wildman–Crippen LogP) is -0.338. The van der Waals surface area contributed by atoms with Gasteiger partial charge in [0.2, 0.25) is 6.79 Å². The molecule has 1 aliphatic rings. The number of H-pyrrole nitrogens is 1. The van der Waals surface area contributed by atoms with Crippen LogP contribution in [0.5, 0.6) is 11.5 Å². The van der Waals surface area contributed by atoms with Crippen LogP contribution in [0.2, 0.25) is 0 Å². The lowest BCUT2D eigenvalue weighted by atomic mass is 10.2. The van der Waals surface area contributed by atoms with Gasteiger partial charge in [0.15, 0.2) is 17.8 Å². The van der Waals surface area contributed by atoms with E-state index in [9.17, 15) is 14.4 Å². The summed E-state index contributed by atoms with van der Waals surface area (Å²) in [5, 5.41) is 2.53. The molecule has 1 aromatic carbocycles. The average Bonchev–Trinajstić information content (AvgIpc) is 3.13. The fraction of sp³-hybridized carbons (Fsp3) is 0.353. The highest BCUT2D eigenvalue weighted by Crippen LogP contribution is 2.32. The number of ether oxygens (including phenoxy) is 4. The minimum Gasteiger partial charge on any atom is -0.454 e. The van der Waals surface area contributed by atoms with Gasteiger partial charge in [-0.05, 0) is 17.7 Å². The molecule has 10 heteroatoms. The van der Waals surface area contributed by atoms with E-state index in [4.69, 9.17) is 18.9 Å². The van der Waals surface area contributed by atoms with E-state index in [1.54, 1.807) is 18.2 Å². The SMILES string of the molecule is COC(CNC(=O)c1c[nH]c(=O)n(Cc2ccc3c(c2)OCO3)c1=O)OC.